The molecule has 0 saturated carbocycles. The minimum Gasteiger partial charge on any atom is -0.311 e. The molecule has 0 atom stereocenters. The third-order valence-electron chi connectivity index (χ3n) is 1.54. The Bertz CT molecular complexity index is 308. The number of rotatable bonds is 4. The number of likely N-dealkylation sites (N-methyl/N-ethyl adjacent to an activating group) is 1. The first-order valence-electron chi connectivity index (χ1n) is 4.34. The molecule has 0 aliphatic carbocycles. The van der Waals surface area contributed by atoms with Crippen LogP contribution < -0.4 is 10.7 Å². The van der Waals surface area contributed by atoms with Crippen LogP contribution in [0.2, 0.25) is 0 Å². The van der Waals surface area contributed by atoms with Gasteiger partial charge < -0.3 is 5.32 Å². The number of nitrogens with one attached hydrogen (secondary N) is 2. The lowest BCUT2D eigenvalue weighted by Gasteiger charge is -1.96. The summed E-state index contributed by atoms with van der Waals surface area (Å²) in [7, 11) is 1.71. The largest absolute Gasteiger partial charge is 0.311 e. The van der Waals surface area contributed by atoms with Gasteiger partial charge in [-0.1, -0.05) is 30.3 Å². The molecule has 0 unspecified atom stereocenters. The maximum atomic E-state index is 10.9. The predicted octanol–water partition coefficient (Wildman–Crippen LogP) is 0.356. The summed E-state index contributed by atoms with van der Waals surface area (Å²) in [5, 5.41) is 6.53. The van der Waals surface area contributed by atoms with Gasteiger partial charge in [-0.3, -0.25) is 4.79 Å². The van der Waals surface area contributed by atoms with Gasteiger partial charge in [-0.25, -0.2) is 5.43 Å². The molecule has 0 aromatic heterocycles. The standard InChI is InChI=1S/C10H13N3O/c1-11-8-10(14)13-12-7-9-5-3-2-4-6-9/h2-7,11H,8H2,1H3,(H,13,14)/b12-7-. The summed E-state index contributed by atoms with van der Waals surface area (Å²) in [6.07, 6.45) is 1.60. The second-order valence-electron chi connectivity index (χ2n) is 2.73. The van der Waals surface area contributed by atoms with Gasteiger partial charge in [-0.2, -0.15) is 5.10 Å². The summed E-state index contributed by atoms with van der Waals surface area (Å²) >= 11 is 0. The van der Waals surface area contributed by atoms with Crippen molar-refractivity contribution in [2.75, 3.05) is 13.6 Å². The maximum Gasteiger partial charge on any atom is 0.253 e. The van der Waals surface area contributed by atoms with E-state index in [1.54, 1.807) is 13.3 Å². The highest BCUT2D eigenvalue weighted by molar-refractivity contribution is 5.82. The Labute approximate surface area is 83.0 Å². The van der Waals surface area contributed by atoms with E-state index in [1.165, 1.54) is 0 Å². The number of hydrazone groups is 1. The van der Waals surface area contributed by atoms with Crippen molar-refractivity contribution in [3.63, 3.8) is 0 Å². The predicted molar refractivity (Wildman–Crippen MR) is 56.1 cm³/mol. The average Bonchev–Trinajstić information content (AvgIpc) is 2.20. The minimum absolute atomic E-state index is 0.153. The zero-order chi connectivity index (χ0) is 10.2. The lowest BCUT2D eigenvalue weighted by atomic mass is 10.2. The minimum atomic E-state index is -0.153. The van der Waals surface area contributed by atoms with Gasteiger partial charge in [0.15, 0.2) is 0 Å². The normalized spacial score (nSPS) is 10.4. The van der Waals surface area contributed by atoms with Crippen molar-refractivity contribution in [1.29, 1.82) is 0 Å². The van der Waals surface area contributed by atoms with Crippen LogP contribution in [0.3, 0.4) is 0 Å². The smallest absolute Gasteiger partial charge is 0.253 e. The SMILES string of the molecule is CNCC(=O)N/N=C\c1ccccc1. The van der Waals surface area contributed by atoms with Crippen molar-refractivity contribution < 1.29 is 4.79 Å². The summed E-state index contributed by atoms with van der Waals surface area (Å²) in [6.45, 7) is 0.270. The van der Waals surface area contributed by atoms with Gasteiger partial charge in [-0.05, 0) is 12.6 Å². The molecule has 0 bridgehead atoms. The Morgan fingerprint density at radius 2 is 2.14 bits per heavy atom. The second-order valence-corrected chi connectivity index (χ2v) is 2.73. The van der Waals surface area contributed by atoms with Crippen LogP contribution in [0, 0.1) is 0 Å². The molecule has 1 aromatic rings. The lowest BCUT2D eigenvalue weighted by Crippen LogP contribution is -2.28. The first-order chi connectivity index (χ1) is 6.83. The lowest BCUT2D eigenvalue weighted by molar-refractivity contribution is -0.120. The molecule has 74 valence electrons. The van der Waals surface area contributed by atoms with E-state index in [0.29, 0.717) is 0 Å². The first-order valence-corrected chi connectivity index (χ1v) is 4.34. The Morgan fingerprint density at radius 3 is 2.79 bits per heavy atom. The zero-order valence-electron chi connectivity index (χ0n) is 8.03. The van der Waals surface area contributed by atoms with E-state index in [0.717, 1.165) is 5.56 Å². The van der Waals surface area contributed by atoms with Gasteiger partial charge in [0, 0.05) is 0 Å². The van der Waals surface area contributed by atoms with Crippen LogP contribution in [0.1, 0.15) is 5.56 Å². The molecule has 4 heteroatoms. The fourth-order valence-electron chi connectivity index (χ4n) is 0.918. The number of carbonyl (C=O) groups excluding carboxylic acids is 1. The van der Waals surface area contributed by atoms with Crippen molar-refractivity contribution in [3.05, 3.63) is 35.9 Å². The van der Waals surface area contributed by atoms with E-state index >= 15 is 0 Å². The summed E-state index contributed by atoms with van der Waals surface area (Å²) in [6, 6.07) is 9.58. The van der Waals surface area contributed by atoms with E-state index in [2.05, 4.69) is 15.8 Å². The Balaban J connectivity index is 2.38. The third-order valence-corrected chi connectivity index (χ3v) is 1.54. The fourth-order valence-corrected chi connectivity index (χ4v) is 0.918. The van der Waals surface area contributed by atoms with Gasteiger partial charge in [0.25, 0.3) is 5.91 Å². The molecule has 4 nitrogen and oxygen atoms in total. The Kier molecular flexibility index (Phi) is 4.37. The first kappa shape index (κ1) is 10.4. The Morgan fingerprint density at radius 1 is 1.43 bits per heavy atom. The highest BCUT2D eigenvalue weighted by Crippen LogP contribution is 1.92. The number of nitrogens with zero attached hydrogens (tertiary/aromatic N) is 1. The van der Waals surface area contributed by atoms with Gasteiger partial charge in [0.2, 0.25) is 0 Å². The summed E-state index contributed by atoms with van der Waals surface area (Å²) in [5.74, 6) is -0.153. The molecule has 1 amide bonds. The molecule has 1 aromatic carbocycles. The Hall–Kier alpha value is -1.68. The van der Waals surface area contributed by atoms with Crippen LogP contribution in [-0.2, 0) is 4.79 Å². The molecule has 1 rings (SSSR count). The van der Waals surface area contributed by atoms with Crippen molar-refractivity contribution in [2.24, 2.45) is 5.10 Å². The van der Waals surface area contributed by atoms with Gasteiger partial charge in [-0.15, -0.1) is 0 Å². The molecule has 0 heterocycles. The van der Waals surface area contributed by atoms with Crippen molar-refractivity contribution in [2.45, 2.75) is 0 Å². The van der Waals surface area contributed by atoms with E-state index in [-0.39, 0.29) is 12.5 Å². The topological polar surface area (TPSA) is 53.5 Å². The van der Waals surface area contributed by atoms with E-state index in [1.807, 2.05) is 30.3 Å². The highest BCUT2D eigenvalue weighted by atomic mass is 16.2. The molecule has 2 N–H and O–H groups in total. The monoisotopic (exact) mass is 191 g/mol. The molecular weight excluding hydrogens is 178 g/mol. The number of carbonyl (C=O) groups is 1. The average molecular weight is 191 g/mol. The quantitative estimate of drug-likeness (QED) is 0.533. The van der Waals surface area contributed by atoms with E-state index in [9.17, 15) is 4.79 Å². The van der Waals surface area contributed by atoms with Gasteiger partial charge in [0.1, 0.15) is 0 Å². The number of hydrogen-bond acceptors (Lipinski definition) is 3. The summed E-state index contributed by atoms with van der Waals surface area (Å²) < 4.78 is 0. The number of benzene rings is 1. The molecule has 0 fully saturated rings. The van der Waals surface area contributed by atoms with Crippen LogP contribution in [0.25, 0.3) is 0 Å². The maximum absolute atomic E-state index is 10.9. The van der Waals surface area contributed by atoms with Crippen molar-refractivity contribution >= 4 is 12.1 Å². The number of hydrogen-bond donors (Lipinski definition) is 2. The molecule has 0 aliphatic rings. The second kappa shape index (κ2) is 5.88. The third kappa shape index (κ3) is 3.82. The van der Waals surface area contributed by atoms with Crippen LogP contribution in [-0.4, -0.2) is 25.7 Å². The summed E-state index contributed by atoms with van der Waals surface area (Å²) in [4.78, 5) is 10.9. The summed E-state index contributed by atoms with van der Waals surface area (Å²) in [5.41, 5.74) is 3.36. The van der Waals surface area contributed by atoms with E-state index < -0.39 is 0 Å². The molecule has 14 heavy (non-hydrogen) atoms. The van der Waals surface area contributed by atoms with Crippen LogP contribution in [0.4, 0.5) is 0 Å². The van der Waals surface area contributed by atoms with Crippen molar-refractivity contribution in [1.82, 2.24) is 10.7 Å². The molecular formula is C10H13N3O. The van der Waals surface area contributed by atoms with E-state index in [4.69, 9.17) is 0 Å². The molecule has 0 spiro atoms. The molecule has 0 radical (unpaired) electrons. The van der Waals surface area contributed by atoms with Gasteiger partial charge in [0.05, 0.1) is 12.8 Å². The molecule has 0 aliphatic heterocycles. The molecule has 0 saturated heterocycles. The van der Waals surface area contributed by atoms with Crippen molar-refractivity contribution in [3.8, 4) is 0 Å². The fraction of sp³-hybridized carbons (Fsp3) is 0.200. The van der Waals surface area contributed by atoms with Crippen LogP contribution in [0.15, 0.2) is 35.4 Å². The van der Waals surface area contributed by atoms with Crippen LogP contribution in [0.5, 0.6) is 0 Å². The number of amides is 1. The zero-order valence-corrected chi connectivity index (χ0v) is 8.03. The van der Waals surface area contributed by atoms with Crippen LogP contribution >= 0.6 is 0 Å². The highest BCUT2D eigenvalue weighted by Gasteiger charge is 1.93. The van der Waals surface area contributed by atoms with Gasteiger partial charge >= 0.3 is 0 Å².